The van der Waals surface area contributed by atoms with E-state index in [-0.39, 0.29) is 5.92 Å². The molecule has 1 aromatic rings. The van der Waals surface area contributed by atoms with Crippen LogP contribution in [0.5, 0.6) is 0 Å². The predicted octanol–water partition coefficient (Wildman–Crippen LogP) is 5.10. The average molecular weight is 450 g/mol. The van der Waals surface area contributed by atoms with Crippen molar-refractivity contribution in [2.75, 3.05) is 0 Å². The lowest BCUT2D eigenvalue weighted by Crippen LogP contribution is -2.50. The first-order valence-corrected chi connectivity index (χ1v) is 10.4. The summed E-state index contributed by atoms with van der Waals surface area (Å²) in [4.78, 5) is 12.4. The lowest BCUT2D eigenvalue weighted by Gasteiger charge is -2.43. The van der Waals surface area contributed by atoms with Gasteiger partial charge in [-0.25, -0.2) is 0 Å². The molecule has 2 N–H and O–H groups in total. The molecule has 0 bridgehead atoms. The van der Waals surface area contributed by atoms with Gasteiger partial charge in [0.1, 0.15) is 0 Å². The first-order chi connectivity index (χ1) is 13.5. The maximum absolute atomic E-state index is 13.3. The Morgan fingerprint density at radius 1 is 1.31 bits per heavy atom. The summed E-state index contributed by atoms with van der Waals surface area (Å²) < 4.78 is 41.7. The van der Waals surface area contributed by atoms with E-state index in [1.165, 1.54) is 6.08 Å². The normalized spacial score (nSPS) is 30.3. The van der Waals surface area contributed by atoms with Crippen LogP contribution in [-0.4, -0.2) is 27.2 Å². The third kappa shape index (κ3) is 4.08. The quantitative estimate of drug-likeness (QED) is 0.650. The molecule has 0 radical (unpaired) electrons. The van der Waals surface area contributed by atoms with E-state index in [0.717, 1.165) is 36.4 Å². The van der Waals surface area contributed by atoms with Gasteiger partial charge in [-0.15, -0.1) is 11.6 Å². The molecule has 9 heteroatoms. The highest BCUT2D eigenvalue weighted by Crippen LogP contribution is 2.50. The van der Waals surface area contributed by atoms with Crippen LogP contribution in [0.1, 0.15) is 37.1 Å². The van der Waals surface area contributed by atoms with Gasteiger partial charge in [-0.1, -0.05) is 29.8 Å². The molecule has 1 heterocycles. The van der Waals surface area contributed by atoms with E-state index in [9.17, 15) is 18.0 Å². The number of carbonyl (C=O) groups excluding carboxylic acids is 1. The molecule has 29 heavy (non-hydrogen) atoms. The zero-order valence-corrected chi connectivity index (χ0v) is 17.8. The lowest BCUT2D eigenvalue weighted by molar-refractivity contribution is -0.128. The Kier molecular flexibility index (Phi) is 6.12. The number of nitrogens with two attached hydrogens (primary N) is 1. The van der Waals surface area contributed by atoms with Crippen molar-refractivity contribution < 1.29 is 18.0 Å². The van der Waals surface area contributed by atoms with Crippen molar-refractivity contribution in [1.29, 1.82) is 0 Å². The van der Waals surface area contributed by atoms with Crippen molar-refractivity contribution in [2.45, 2.75) is 57.6 Å². The molecule has 2 atom stereocenters. The molecule has 160 valence electrons. The van der Waals surface area contributed by atoms with Crippen LogP contribution in [0.4, 0.5) is 13.2 Å². The first kappa shape index (κ1) is 22.2. The Hall–Kier alpha value is -1.47. The minimum Gasteiger partial charge on any atom is -0.369 e. The van der Waals surface area contributed by atoms with Crippen LogP contribution in [0.15, 0.2) is 23.8 Å². The molecule has 1 fully saturated rings. The van der Waals surface area contributed by atoms with Crippen LogP contribution in [-0.2, 0) is 11.3 Å². The van der Waals surface area contributed by atoms with E-state index in [0.29, 0.717) is 30.3 Å². The zero-order valence-electron chi connectivity index (χ0n) is 16.3. The molecule has 2 unspecified atom stereocenters. The summed E-state index contributed by atoms with van der Waals surface area (Å²) in [6.45, 7) is 4.44. The van der Waals surface area contributed by atoms with Gasteiger partial charge >= 0.3 is 6.18 Å². The monoisotopic (exact) mass is 449 g/mol. The Morgan fingerprint density at radius 3 is 2.41 bits per heavy atom. The molecular weight excluding hydrogens is 426 g/mol. The lowest BCUT2D eigenvalue weighted by atomic mass is 9.62. The van der Waals surface area contributed by atoms with Crippen molar-refractivity contribution in [3.05, 3.63) is 40.2 Å². The number of rotatable bonds is 4. The molecule has 0 spiro atoms. The summed E-state index contributed by atoms with van der Waals surface area (Å²) in [6, 6.07) is 0. The molecule has 3 rings (SSSR count). The highest BCUT2D eigenvalue weighted by atomic mass is 35.5. The van der Waals surface area contributed by atoms with E-state index in [1.54, 1.807) is 0 Å². The van der Waals surface area contributed by atoms with Gasteiger partial charge in [0, 0.05) is 6.54 Å². The number of aromatic nitrogens is 2. The smallest absolute Gasteiger partial charge is 0.369 e. The number of allylic oxidation sites excluding steroid dienone is 3. The summed E-state index contributed by atoms with van der Waals surface area (Å²) in [5.41, 5.74) is 4.90. The molecular formula is C20H24Cl2F3N3O. The Morgan fingerprint density at radius 2 is 1.93 bits per heavy atom. The van der Waals surface area contributed by atoms with Gasteiger partial charge in [0.05, 0.1) is 32.8 Å². The van der Waals surface area contributed by atoms with Crippen molar-refractivity contribution in [3.63, 3.8) is 0 Å². The summed E-state index contributed by atoms with van der Waals surface area (Å²) in [5, 5.41) is 4.20. The topological polar surface area (TPSA) is 60.9 Å². The fourth-order valence-electron chi connectivity index (χ4n) is 4.58. The van der Waals surface area contributed by atoms with Gasteiger partial charge in [0.25, 0.3) is 0 Å². The van der Waals surface area contributed by atoms with Gasteiger partial charge < -0.3 is 5.73 Å². The van der Waals surface area contributed by atoms with Crippen LogP contribution in [0.2, 0.25) is 5.02 Å². The molecule has 0 aliphatic heterocycles. The van der Waals surface area contributed by atoms with E-state index < -0.39 is 28.4 Å². The van der Waals surface area contributed by atoms with Crippen LogP contribution >= 0.6 is 23.2 Å². The minimum atomic E-state index is -4.56. The number of hydrogen-bond acceptors (Lipinski definition) is 2. The predicted molar refractivity (Wildman–Crippen MR) is 107 cm³/mol. The second kappa shape index (κ2) is 7.99. The van der Waals surface area contributed by atoms with Crippen molar-refractivity contribution >= 4 is 29.1 Å². The third-order valence-electron chi connectivity index (χ3n) is 6.30. The Bertz CT molecular complexity index is 854. The van der Waals surface area contributed by atoms with E-state index in [2.05, 4.69) is 5.10 Å². The summed E-state index contributed by atoms with van der Waals surface area (Å²) in [5.74, 6) is -0.855. The van der Waals surface area contributed by atoms with Crippen molar-refractivity contribution in [1.82, 2.24) is 9.78 Å². The number of amides is 1. The second-order valence-electron chi connectivity index (χ2n) is 8.04. The maximum Gasteiger partial charge on any atom is 0.416 e. The first-order valence-electron chi connectivity index (χ1n) is 9.58. The summed E-state index contributed by atoms with van der Waals surface area (Å²) in [6.07, 6.45) is 1.20. The SMILES string of the molecule is Cc1nn(CC2CCC(C3(C(N)=O)C=C(C(F)(F)F)C=CC3Cl)CC2)c(C)c1Cl. The van der Waals surface area contributed by atoms with Gasteiger partial charge in [-0.2, -0.15) is 18.3 Å². The molecule has 2 aliphatic rings. The van der Waals surface area contributed by atoms with Gasteiger partial charge in [0.2, 0.25) is 5.91 Å². The molecule has 0 saturated heterocycles. The fourth-order valence-corrected chi connectivity index (χ4v) is 5.14. The number of hydrogen-bond donors (Lipinski definition) is 1. The van der Waals surface area contributed by atoms with Gasteiger partial charge in [-0.3, -0.25) is 9.48 Å². The van der Waals surface area contributed by atoms with Gasteiger partial charge in [0.15, 0.2) is 0 Å². The number of aryl methyl sites for hydroxylation is 1. The Balaban J connectivity index is 1.78. The van der Waals surface area contributed by atoms with E-state index in [1.807, 2.05) is 18.5 Å². The molecule has 4 nitrogen and oxygen atoms in total. The number of halogens is 5. The highest BCUT2D eigenvalue weighted by Gasteiger charge is 2.51. The van der Waals surface area contributed by atoms with Crippen LogP contribution in [0.3, 0.4) is 0 Å². The van der Waals surface area contributed by atoms with Crippen molar-refractivity contribution in [3.8, 4) is 0 Å². The molecule has 1 amide bonds. The molecule has 2 aliphatic carbocycles. The van der Waals surface area contributed by atoms with Crippen LogP contribution in [0.25, 0.3) is 0 Å². The maximum atomic E-state index is 13.3. The standard InChI is InChI=1S/C20H24Cl2F3N3O/c1-11-17(22)12(2)28(27-11)10-13-3-5-14(6-4-13)19(18(26)29)9-15(20(23,24)25)7-8-16(19)21/h7-9,13-14,16H,3-6,10H2,1-2H3,(H2,26,29). The van der Waals surface area contributed by atoms with Crippen molar-refractivity contribution in [2.24, 2.45) is 23.0 Å². The number of nitrogens with zero attached hydrogens (tertiary/aromatic N) is 2. The Labute approximate surface area is 177 Å². The van der Waals surface area contributed by atoms with Gasteiger partial charge in [-0.05, 0) is 51.4 Å². The number of carbonyl (C=O) groups is 1. The third-order valence-corrected chi connectivity index (χ3v) is 7.35. The number of primary amides is 1. The number of alkyl halides is 4. The molecule has 0 aromatic carbocycles. The average Bonchev–Trinajstić information content (AvgIpc) is 2.88. The van der Waals surface area contributed by atoms with Crippen LogP contribution in [0, 0.1) is 31.1 Å². The largest absolute Gasteiger partial charge is 0.416 e. The second-order valence-corrected chi connectivity index (χ2v) is 8.89. The summed E-state index contributed by atoms with van der Waals surface area (Å²) >= 11 is 12.6. The van der Waals surface area contributed by atoms with Crippen LogP contribution < -0.4 is 5.73 Å². The van der Waals surface area contributed by atoms with E-state index >= 15 is 0 Å². The summed E-state index contributed by atoms with van der Waals surface area (Å²) in [7, 11) is 0. The highest BCUT2D eigenvalue weighted by molar-refractivity contribution is 6.31. The van der Waals surface area contributed by atoms with E-state index in [4.69, 9.17) is 28.9 Å². The minimum absolute atomic E-state index is 0.296. The zero-order chi connectivity index (χ0) is 21.6. The fraction of sp³-hybridized carbons (Fsp3) is 0.600. The molecule has 1 saturated carbocycles. The molecule has 1 aromatic heterocycles.